The molecule has 3 heterocycles. The number of fused-ring (bicyclic) bond motifs is 1. The van der Waals surface area contributed by atoms with Crippen LogP contribution in [0, 0.1) is 6.92 Å². The Kier molecular flexibility index (Phi) is 3.96. The maximum atomic E-state index is 12.9. The number of rotatable bonds is 3. The van der Waals surface area contributed by atoms with Crippen molar-refractivity contribution in [3.8, 4) is 0 Å². The van der Waals surface area contributed by atoms with Crippen LogP contribution in [-0.2, 0) is 11.2 Å². The van der Waals surface area contributed by atoms with Gasteiger partial charge in [-0.2, -0.15) is 0 Å². The van der Waals surface area contributed by atoms with Gasteiger partial charge in [0.1, 0.15) is 0 Å². The van der Waals surface area contributed by atoms with Gasteiger partial charge < -0.3 is 4.98 Å². The number of hydrazine groups is 1. The van der Waals surface area contributed by atoms with Gasteiger partial charge in [0.05, 0.1) is 6.42 Å². The van der Waals surface area contributed by atoms with Gasteiger partial charge >= 0.3 is 0 Å². The lowest BCUT2D eigenvalue weighted by molar-refractivity contribution is -0.139. The molecule has 2 amide bonds. The van der Waals surface area contributed by atoms with Crippen LogP contribution in [0.15, 0.2) is 29.6 Å². The Balaban J connectivity index is 1.57. The molecular weight excluding hydrogens is 338 g/mol. The summed E-state index contributed by atoms with van der Waals surface area (Å²) in [4.78, 5) is 28.7. The number of aromatic amines is 1. The highest BCUT2D eigenvalue weighted by molar-refractivity contribution is 7.03. The van der Waals surface area contributed by atoms with Gasteiger partial charge in [-0.05, 0) is 36.5 Å². The van der Waals surface area contributed by atoms with Crippen molar-refractivity contribution in [2.24, 2.45) is 0 Å². The minimum absolute atomic E-state index is 0.0816. The highest BCUT2D eigenvalue weighted by Gasteiger charge is 2.32. The summed E-state index contributed by atoms with van der Waals surface area (Å²) in [6.45, 7) is 3.04. The van der Waals surface area contributed by atoms with Gasteiger partial charge in [0.25, 0.3) is 5.91 Å². The van der Waals surface area contributed by atoms with Crippen LogP contribution in [-0.4, -0.2) is 49.5 Å². The zero-order chi connectivity index (χ0) is 17.4. The number of H-pyrrole nitrogens is 1. The molecule has 1 aliphatic heterocycles. The summed E-state index contributed by atoms with van der Waals surface area (Å²) in [6, 6.07) is 7.93. The molecule has 128 valence electrons. The van der Waals surface area contributed by atoms with Gasteiger partial charge in [-0.3, -0.25) is 14.6 Å². The Bertz CT molecular complexity index is 934. The van der Waals surface area contributed by atoms with Crippen molar-refractivity contribution in [2.75, 3.05) is 13.1 Å². The number of aromatic nitrogens is 3. The normalized spacial score (nSPS) is 14.4. The summed E-state index contributed by atoms with van der Waals surface area (Å²) >= 11 is 1.13. The summed E-state index contributed by atoms with van der Waals surface area (Å²) in [7, 11) is 0. The van der Waals surface area contributed by atoms with Crippen molar-refractivity contribution in [3.63, 3.8) is 0 Å². The molecule has 3 aromatic rings. The maximum Gasteiger partial charge on any atom is 0.293 e. The third-order valence-electron chi connectivity index (χ3n) is 4.49. The van der Waals surface area contributed by atoms with Gasteiger partial charge in [0.2, 0.25) is 5.91 Å². The second kappa shape index (κ2) is 6.29. The van der Waals surface area contributed by atoms with Crippen LogP contribution in [0.5, 0.6) is 0 Å². The maximum absolute atomic E-state index is 12.9. The van der Waals surface area contributed by atoms with Crippen LogP contribution in [0.4, 0.5) is 0 Å². The molecule has 0 radical (unpaired) electrons. The van der Waals surface area contributed by atoms with Crippen LogP contribution in [0.25, 0.3) is 10.9 Å². The molecule has 1 fully saturated rings. The fourth-order valence-corrected chi connectivity index (χ4v) is 3.71. The monoisotopic (exact) mass is 355 g/mol. The first-order valence-electron chi connectivity index (χ1n) is 8.10. The van der Waals surface area contributed by atoms with Crippen LogP contribution in [0.1, 0.15) is 28.2 Å². The minimum atomic E-state index is -0.268. The van der Waals surface area contributed by atoms with E-state index in [9.17, 15) is 9.59 Å². The first kappa shape index (κ1) is 15.8. The van der Waals surface area contributed by atoms with Gasteiger partial charge in [0, 0.05) is 35.1 Å². The fourth-order valence-electron chi connectivity index (χ4n) is 3.28. The van der Waals surface area contributed by atoms with E-state index in [-0.39, 0.29) is 23.9 Å². The third-order valence-corrected chi connectivity index (χ3v) is 4.99. The van der Waals surface area contributed by atoms with Crippen molar-refractivity contribution < 1.29 is 9.59 Å². The number of nitrogens with one attached hydrogen (secondary N) is 1. The third kappa shape index (κ3) is 2.78. The van der Waals surface area contributed by atoms with Crippen molar-refractivity contribution in [1.82, 2.24) is 24.6 Å². The molecule has 25 heavy (non-hydrogen) atoms. The van der Waals surface area contributed by atoms with Crippen molar-refractivity contribution in [2.45, 2.75) is 19.8 Å². The Morgan fingerprint density at radius 2 is 2.04 bits per heavy atom. The largest absolute Gasteiger partial charge is 0.358 e. The number of para-hydroxylation sites is 1. The van der Waals surface area contributed by atoms with Crippen LogP contribution < -0.4 is 0 Å². The predicted molar refractivity (Wildman–Crippen MR) is 94.0 cm³/mol. The van der Waals surface area contributed by atoms with E-state index in [1.54, 1.807) is 10.4 Å². The first-order chi connectivity index (χ1) is 12.1. The summed E-state index contributed by atoms with van der Waals surface area (Å²) in [5.41, 5.74) is 3.27. The molecule has 7 nitrogen and oxygen atoms in total. The van der Waals surface area contributed by atoms with E-state index in [1.165, 1.54) is 5.01 Å². The lowest BCUT2D eigenvalue weighted by Crippen LogP contribution is -2.45. The quantitative estimate of drug-likeness (QED) is 0.780. The number of carbonyl (C=O) groups excluding carboxylic acids is 2. The molecule has 8 heteroatoms. The zero-order valence-electron chi connectivity index (χ0n) is 13.7. The lowest BCUT2D eigenvalue weighted by Gasteiger charge is -2.27. The topological polar surface area (TPSA) is 82.2 Å². The Morgan fingerprint density at radius 1 is 1.24 bits per heavy atom. The van der Waals surface area contributed by atoms with Gasteiger partial charge in [0.15, 0.2) is 5.69 Å². The van der Waals surface area contributed by atoms with Crippen LogP contribution in [0.2, 0.25) is 0 Å². The molecule has 1 saturated heterocycles. The molecule has 0 aliphatic carbocycles. The average Bonchev–Trinajstić information content (AvgIpc) is 3.35. The molecule has 1 aliphatic rings. The van der Waals surface area contributed by atoms with E-state index in [0.717, 1.165) is 40.1 Å². The van der Waals surface area contributed by atoms with E-state index >= 15 is 0 Å². The van der Waals surface area contributed by atoms with Gasteiger partial charge in [-0.1, -0.05) is 22.7 Å². The van der Waals surface area contributed by atoms with Crippen molar-refractivity contribution >= 4 is 34.2 Å². The highest BCUT2D eigenvalue weighted by atomic mass is 32.1. The zero-order valence-corrected chi connectivity index (χ0v) is 14.5. The smallest absolute Gasteiger partial charge is 0.293 e. The molecule has 2 aromatic heterocycles. The SMILES string of the molecule is Cc1[nH]c2ccccc2c1CC(=O)N1CCCN1C(=O)c1csnn1. The molecule has 4 rings (SSSR count). The van der Waals surface area contributed by atoms with E-state index < -0.39 is 0 Å². The number of hydrogen-bond donors (Lipinski definition) is 1. The van der Waals surface area contributed by atoms with Crippen LogP contribution >= 0.6 is 11.5 Å². The van der Waals surface area contributed by atoms with E-state index in [4.69, 9.17) is 0 Å². The first-order valence-corrected chi connectivity index (χ1v) is 8.94. The molecule has 0 spiro atoms. The van der Waals surface area contributed by atoms with Gasteiger partial charge in [-0.15, -0.1) is 5.10 Å². The standard InChI is InChI=1S/C17H17N5O2S/c1-11-13(12-5-2-3-6-14(12)18-11)9-16(23)21-7-4-8-22(21)17(24)15-10-25-20-19-15/h2-3,5-6,10,18H,4,7-9H2,1H3. The van der Waals surface area contributed by atoms with E-state index in [2.05, 4.69) is 14.6 Å². The van der Waals surface area contributed by atoms with Gasteiger partial charge in [-0.25, -0.2) is 5.01 Å². The Morgan fingerprint density at radius 3 is 2.84 bits per heavy atom. The lowest BCUT2D eigenvalue weighted by atomic mass is 10.1. The predicted octanol–water partition coefficient (Wildman–Crippen LogP) is 2.16. The molecule has 1 aromatic carbocycles. The highest BCUT2D eigenvalue weighted by Crippen LogP contribution is 2.24. The second-order valence-electron chi connectivity index (χ2n) is 6.04. The fraction of sp³-hybridized carbons (Fsp3) is 0.294. The average molecular weight is 355 g/mol. The summed E-state index contributed by atoms with van der Waals surface area (Å²) in [6.07, 6.45) is 1.02. The summed E-state index contributed by atoms with van der Waals surface area (Å²) in [5.74, 6) is -0.350. The molecular formula is C17H17N5O2S. The minimum Gasteiger partial charge on any atom is -0.358 e. The van der Waals surface area contributed by atoms with E-state index in [1.807, 2.05) is 31.2 Å². The number of carbonyl (C=O) groups is 2. The number of nitrogens with zero attached hydrogens (tertiary/aromatic N) is 4. The molecule has 0 atom stereocenters. The summed E-state index contributed by atoms with van der Waals surface area (Å²) in [5, 5.41) is 9.51. The number of amides is 2. The number of hydrogen-bond acceptors (Lipinski definition) is 5. The number of benzene rings is 1. The van der Waals surface area contributed by atoms with Crippen molar-refractivity contribution in [1.29, 1.82) is 0 Å². The Labute approximate surface area is 148 Å². The molecule has 0 saturated carbocycles. The second-order valence-corrected chi connectivity index (χ2v) is 6.65. The van der Waals surface area contributed by atoms with Crippen LogP contribution in [0.3, 0.4) is 0 Å². The van der Waals surface area contributed by atoms with E-state index in [0.29, 0.717) is 13.1 Å². The van der Waals surface area contributed by atoms with Crippen molar-refractivity contribution in [3.05, 3.63) is 46.6 Å². The molecule has 0 unspecified atom stereocenters. The Hall–Kier alpha value is -2.74. The number of aryl methyl sites for hydroxylation is 1. The summed E-state index contributed by atoms with van der Waals surface area (Å²) < 4.78 is 3.73. The molecule has 0 bridgehead atoms. The molecule has 1 N–H and O–H groups in total.